The molecular formula is C9H3BrF4O3. The molecule has 8 heteroatoms. The summed E-state index contributed by atoms with van der Waals surface area (Å²) in [5, 5.41) is 8.26. The van der Waals surface area contributed by atoms with Gasteiger partial charge < -0.3 is 5.11 Å². The van der Waals surface area contributed by atoms with E-state index in [9.17, 15) is 27.2 Å². The van der Waals surface area contributed by atoms with Crippen LogP contribution in [-0.4, -0.2) is 16.9 Å². The van der Waals surface area contributed by atoms with E-state index >= 15 is 0 Å². The van der Waals surface area contributed by atoms with Gasteiger partial charge in [-0.1, -0.05) is 0 Å². The highest BCUT2D eigenvalue weighted by Crippen LogP contribution is 2.28. The zero-order valence-electron chi connectivity index (χ0n) is 7.86. The van der Waals surface area contributed by atoms with E-state index in [1.165, 1.54) is 0 Å². The zero-order valence-corrected chi connectivity index (χ0v) is 9.45. The summed E-state index contributed by atoms with van der Waals surface area (Å²) in [6, 6.07) is 0. The highest BCUT2D eigenvalue weighted by atomic mass is 79.9. The molecule has 0 aliphatic rings. The number of halogens is 5. The van der Waals surface area contributed by atoms with Gasteiger partial charge in [-0.25, -0.2) is 17.6 Å². The van der Waals surface area contributed by atoms with Crippen molar-refractivity contribution in [2.24, 2.45) is 0 Å². The third kappa shape index (κ3) is 2.46. The van der Waals surface area contributed by atoms with E-state index in [1.54, 1.807) is 0 Å². The van der Waals surface area contributed by atoms with E-state index in [0.717, 1.165) is 0 Å². The second-order valence-electron chi connectivity index (χ2n) is 2.94. The molecule has 0 spiro atoms. The van der Waals surface area contributed by atoms with Crippen LogP contribution in [0.25, 0.3) is 0 Å². The lowest BCUT2D eigenvalue weighted by molar-refractivity contribution is -0.135. The fourth-order valence-corrected chi connectivity index (χ4v) is 1.42. The van der Waals surface area contributed by atoms with Gasteiger partial charge in [-0.3, -0.25) is 9.59 Å². The van der Waals surface area contributed by atoms with E-state index in [1.807, 2.05) is 0 Å². The minimum absolute atomic E-state index is 1.10. The SMILES string of the molecule is O=C(O)CC(=O)c1c(F)c(F)c(Br)c(F)c1F. The number of hydrogen-bond donors (Lipinski definition) is 1. The summed E-state index contributed by atoms with van der Waals surface area (Å²) in [5.41, 5.74) is -1.54. The van der Waals surface area contributed by atoms with Crippen LogP contribution in [0.4, 0.5) is 17.6 Å². The Morgan fingerprint density at radius 3 is 1.76 bits per heavy atom. The molecular weight excluding hydrogens is 312 g/mol. The monoisotopic (exact) mass is 314 g/mol. The molecule has 92 valence electrons. The van der Waals surface area contributed by atoms with E-state index in [-0.39, 0.29) is 0 Å². The van der Waals surface area contributed by atoms with Crippen molar-refractivity contribution in [3.05, 3.63) is 33.3 Å². The van der Waals surface area contributed by atoms with E-state index in [2.05, 4.69) is 15.9 Å². The van der Waals surface area contributed by atoms with Crippen LogP contribution < -0.4 is 0 Å². The first kappa shape index (κ1) is 13.6. The molecule has 0 fully saturated rings. The van der Waals surface area contributed by atoms with Crippen LogP contribution in [0.1, 0.15) is 16.8 Å². The topological polar surface area (TPSA) is 54.4 Å². The average Bonchev–Trinajstić information content (AvgIpc) is 2.23. The molecule has 0 aliphatic heterocycles. The van der Waals surface area contributed by atoms with Gasteiger partial charge in [0.25, 0.3) is 0 Å². The summed E-state index contributed by atoms with van der Waals surface area (Å²) in [4.78, 5) is 21.3. The number of ketones is 1. The van der Waals surface area contributed by atoms with Crippen molar-refractivity contribution in [2.45, 2.75) is 6.42 Å². The molecule has 3 nitrogen and oxygen atoms in total. The normalized spacial score (nSPS) is 10.4. The molecule has 0 saturated heterocycles. The molecule has 0 atom stereocenters. The number of hydrogen-bond acceptors (Lipinski definition) is 2. The predicted molar refractivity (Wildman–Crippen MR) is 50.6 cm³/mol. The number of carbonyl (C=O) groups excluding carboxylic acids is 1. The molecule has 0 aliphatic carbocycles. The Morgan fingerprint density at radius 2 is 1.41 bits per heavy atom. The Hall–Kier alpha value is -1.44. The Bertz CT molecular complexity index is 486. The first-order chi connectivity index (χ1) is 7.77. The number of benzene rings is 1. The van der Waals surface area contributed by atoms with Crippen LogP contribution >= 0.6 is 15.9 Å². The lowest BCUT2D eigenvalue weighted by Crippen LogP contribution is -2.14. The summed E-state index contributed by atoms with van der Waals surface area (Å²) < 4.78 is 51.3. The molecule has 0 unspecified atom stereocenters. The van der Waals surface area contributed by atoms with Crippen molar-refractivity contribution in [1.82, 2.24) is 0 Å². The predicted octanol–water partition coefficient (Wildman–Crippen LogP) is 2.66. The molecule has 1 aromatic carbocycles. The molecule has 0 radical (unpaired) electrons. The molecule has 17 heavy (non-hydrogen) atoms. The fraction of sp³-hybridized carbons (Fsp3) is 0.111. The summed E-state index contributed by atoms with van der Waals surface area (Å²) in [5.74, 6) is -10.7. The summed E-state index contributed by atoms with van der Waals surface area (Å²) >= 11 is 2.26. The van der Waals surface area contributed by atoms with Gasteiger partial charge in [0.2, 0.25) is 0 Å². The van der Waals surface area contributed by atoms with Gasteiger partial charge in [0.1, 0.15) is 6.42 Å². The van der Waals surface area contributed by atoms with E-state index < -0.39 is 51.5 Å². The lowest BCUT2D eigenvalue weighted by atomic mass is 10.1. The van der Waals surface area contributed by atoms with Crippen molar-refractivity contribution in [2.75, 3.05) is 0 Å². The minimum atomic E-state index is -1.93. The van der Waals surface area contributed by atoms with Crippen LogP contribution in [0.2, 0.25) is 0 Å². The number of carbonyl (C=O) groups is 2. The van der Waals surface area contributed by atoms with Crippen molar-refractivity contribution in [1.29, 1.82) is 0 Å². The van der Waals surface area contributed by atoms with Crippen molar-refractivity contribution in [3.8, 4) is 0 Å². The van der Waals surface area contributed by atoms with Gasteiger partial charge >= 0.3 is 5.97 Å². The Kier molecular flexibility index (Phi) is 3.87. The van der Waals surface area contributed by atoms with Gasteiger partial charge in [-0.2, -0.15) is 0 Å². The third-order valence-corrected chi connectivity index (χ3v) is 2.50. The maximum absolute atomic E-state index is 13.2. The average molecular weight is 315 g/mol. The number of carboxylic acid groups (broad SMARTS) is 1. The van der Waals surface area contributed by atoms with Crippen LogP contribution in [0.15, 0.2) is 4.47 Å². The quantitative estimate of drug-likeness (QED) is 0.307. The Balaban J connectivity index is 3.44. The van der Waals surface area contributed by atoms with Crippen molar-refractivity contribution < 1.29 is 32.3 Å². The molecule has 0 amide bonds. The highest BCUT2D eigenvalue weighted by molar-refractivity contribution is 9.10. The standard InChI is InChI=1S/C9H3BrF4O3/c10-5-8(13)6(11)4(7(12)9(5)14)2(15)1-3(16)17/h1H2,(H,16,17). The molecule has 0 saturated carbocycles. The summed E-state index contributed by atoms with van der Waals surface area (Å²) in [7, 11) is 0. The van der Waals surface area contributed by atoms with Crippen molar-refractivity contribution in [3.63, 3.8) is 0 Å². The lowest BCUT2D eigenvalue weighted by Gasteiger charge is -2.06. The van der Waals surface area contributed by atoms with Crippen LogP contribution in [-0.2, 0) is 4.79 Å². The van der Waals surface area contributed by atoms with Crippen LogP contribution in [0.5, 0.6) is 0 Å². The highest BCUT2D eigenvalue weighted by Gasteiger charge is 2.29. The molecule has 1 aromatic rings. The van der Waals surface area contributed by atoms with Gasteiger partial charge in [-0.15, -0.1) is 0 Å². The Labute approximate surface area is 100 Å². The van der Waals surface area contributed by atoms with E-state index in [0.29, 0.717) is 0 Å². The number of carboxylic acids is 1. The molecule has 0 aromatic heterocycles. The van der Waals surface area contributed by atoms with Gasteiger partial charge in [0, 0.05) is 0 Å². The third-order valence-electron chi connectivity index (χ3n) is 1.80. The maximum atomic E-state index is 13.2. The summed E-state index contributed by atoms with van der Waals surface area (Å²) in [6.07, 6.45) is -1.27. The number of aliphatic carboxylic acids is 1. The molecule has 0 bridgehead atoms. The Morgan fingerprint density at radius 1 is 1.00 bits per heavy atom. The number of Topliss-reactive ketones (excluding diaryl/α,β-unsaturated/α-hetero) is 1. The second-order valence-corrected chi connectivity index (χ2v) is 3.73. The smallest absolute Gasteiger partial charge is 0.311 e. The minimum Gasteiger partial charge on any atom is -0.481 e. The molecule has 1 N–H and O–H groups in total. The molecule has 0 heterocycles. The van der Waals surface area contributed by atoms with Gasteiger partial charge in [-0.05, 0) is 15.9 Å². The van der Waals surface area contributed by atoms with Gasteiger partial charge in [0.05, 0.1) is 10.0 Å². The van der Waals surface area contributed by atoms with Crippen LogP contribution in [0.3, 0.4) is 0 Å². The largest absolute Gasteiger partial charge is 0.481 e. The van der Waals surface area contributed by atoms with Crippen LogP contribution in [0, 0.1) is 23.3 Å². The molecule has 1 rings (SSSR count). The summed E-state index contributed by atoms with van der Waals surface area (Å²) in [6.45, 7) is 0. The fourth-order valence-electron chi connectivity index (χ4n) is 1.08. The second kappa shape index (κ2) is 4.82. The number of rotatable bonds is 3. The van der Waals surface area contributed by atoms with E-state index in [4.69, 9.17) is 5.11 Å². The van der Waals surface area contributed by atoms with Gasteiger partial charge in [0.15, 0.2) is 29.1 Å². The first-order valence-corrected chi connectivity index (χ1v) is 4.83. The maximum Gasteiger partial charge on any atom is 0.311 e. The first-order valence-electron chi connectivity index (χ1n) is 4.03. The zero-order chi connectivity index (χ0) is 13.3. The van der Waals surface area contributed by atoms with Crippen molar-refractivity contribution >= 4 is 27.7 Å².